The summed E-state index contributed by atoms with van der Waals surface area (Å²) in [6, 6.07) is 7.33. The zero-order chi connectivity index (χ0) is 13.2. The minimum absolute atomic E-state index is 0. The highest BCUT2D eigenvalue weighted by Crippen LogP contribution is 2.30. The van der Waals surface area contributed by atoms with Crippen LogP contribution in [0.5, 0.6) is 0 Å². The molecule has 0 saturated carbocycles. The van der Waals surface area contributed by atoms with E-state index in [4.69, 9.17) is 5.73 Å². The van der Waals surface area contributed by atoms with Crippen molar-refractivity contribution >= 4 is 24.0 Å². The summed E-state index contributed by atoms with van der Waals surface area (Å²) in [5.74, 6) is 0.0748. The summed E-state index contributed by atoms with van der Waals surface area (Å²) in [4.78, 5) is 14.4. The molecule has 0 bridgehead atoms. The molecule has 1 fully saturated rings. The Morgan fingerprint density at radius 3 is 2.58 bits per heavy atom. The highest BCUT2D eigenvalue weighted by Gasteiger charge is 2.26. The van der Waals surface area contributed by atoms with Crippen molar-refractivity contribution in [2.75, 3.05) is 18.8 Å². The van der Waals surface area contributed by atoms with Gasteiger partial charge in [-0.3, -0.25) is 4.79 Å². The number of rotatable bonds is 1. The minimum Gasteiger partial charge on any atom is -0.398 e. The molecule has 1 aromatic rings. The van der Waals surface area contributed by atoms with Crippen LogP contribution in [-0.2, 0) is 0 Å². The SMILES string of the molecule is CC1(C)CCCN(C(=O)c2ccccc2N)CC1.Cl. The van der Waals surface area contributed by atoms with E-state index in [9.17, 15) is 4.79 Å². The van der Waals surface area contributed by atoms with Crippen LogP contribution in [0.2, 0.25) is 0 Å². The average molecular weight is 283 g/mol. The number of nitrogens with zero attached hydrogens (tertiary/aromatic N) is 1. The molecular formula is C15H23ClN2O. The number of halogens is 1. The van der Waals surface area contributed by atoms with Gasteiger partial charge in [0.15, 0.2) is 0 Å². The number of carbonyl (C=O) groups is 1. The summed E-state index contributed by atoms with van der Waals surface area (Å²) in [6.45, 7) is 6.23. The van der Waals surface area contributed by atoms with Crippen LogP contribution < -0.4 is 5.73 Å². The third-order valence-corrected chi connectivity index (χ3v) is 3.82. The van der Waals surface area contributed by atoms with E-state index in [0.717, 1.165) is 25.9 Å². The van der Waals surface area contributed by atoms with Crippen molar-refractivity contribution in [1.82, 2.24) is 4.90 Å². The van der Waals surface area contributed by atoms with Gasteiger partial charge in [0.1, 0.15) is 0 Å². The second-order valence-corrected chi connectivity index (χ2v) is 5.90. The lowest BCUT2D eigenvalue weighted by atomic mass is 9.85. The van der Waals surface area contributed by atoms with E-state index < -0.39 is 0 Å². The number of anilines is 1. The van der Waals surface area contributed by atoms with Crippen LogP contribution in [0.4, 0.5) is 5.69 Å². The van der Waals surface area contributed by atoms with E-state index in [-0.39, 0.29) is 18.3 Å². The zero-order valence-corrected chi connectivity index (χ0v) is 12.5. The van der Waals surface area contributed by atoms with Gasteiger partial charge in [0, 0.05) is 18.8 Å². The molecule has 1 heterocycles. The molecule has 0 aliphatic carbocycles. The second-order valence-electron chi connectivity index (χ2n) is 5.90. The van der Waals surface area contributed by atoms with Crippen LogP contribution in [0.25, 0.3) is 0 Å². The summed E-state index contributed by atoms with van der Waals surface area (Å²) in [5.41, 5.74) is 7.43. The largest absolute Gasteiger partial charge is 0.398 e. The third kappa shape index (κ3) is 3.87. The number of carbonyl (C=O) groups excluding carboxylic acids is 1. The summed E-state index contributed by atoms with van der Waals surface area (Å²) in [7, 11) is 0. The first kappa shape index (κ1) is 15.8. The smallest absolute Gasteiger partial charge is 0.255 e. The normalized spacial score (nSPS) is 18.3. The fourth-order valence-corrected chi connectivity index (χ4v) is 2.49. The second kappa shape index (κ2) is 6.29. The monoisotopic (exact) mass is 282 g/mol. The van der Waals surface area contributed by atoms with E-state index >= 15 is 0 Å². The number of amides is 1. The van der Waals surface area contributed by atoms with Crippen LogP contribution in [0.3, 0.4) is 0 Å². The van der Waals surface area contributed by atoms with Gasteiger partial charge in [-0.25, -0.2) is 0 Å². The van der Waals surface area contributed by atoms with Crippen molar-refractivity contribution < 1.29 is 4.79 Å². The summed E-state index contributed by atoms with van der Waals surface area (Å²) in [6.07, 6.45) is 3.32. The van der Waals surface area contributed by atoms with Crippen molar-refractivity contribution in [3.63, 3.8) is 0 Å². The highest BCUT2D eigenvalue weighted by atomic mass is 35.5. The first-order valence-corrected chi connectivity index (χ1v) is 6.63. The van der Waals surface area contributed by atoms with E-state index in [0.29, 0.717) is 16.7 Å². The van der Waals surface area contributed by atoms with Gasteiger partial charge in [0.05, 0.1) is 5.56 Å². The van der Waals surface area contributed by atoms with Crippen molar-refractivity contribution in [1.29, 1.82) is 0 Å². The molecule has 1 aliphatic rings. The Morgan fingerprint density at radius 2 is 1.89 bits per heavy atom. The Morgan fingerprint density at radius 1 is 1.21 bits per heavy atom. The lowest BCUT2D eigenvalue weighted by Gasteiger charge is -2.23. The Bertz CT molecular complexity index is 446. The maximum Gasteiger partial charge on any atom is 0.255 e. The molecule has 2 N–H and O–H groups in total. The maximum absolute atomic E-state index is 12.4. The van der Waals surface area contributed by atoms with Crippen LogP contribution >= 0.6 is 12.4 Å². The number of benzene rings is 1. The van der Waals surface area contributed by atoms with Crippen LogP contribution in [0.1, 0.15) is 43.5 Å². The summed E-state index contributed by atoms with van der Waals surface area (Å²) >= 11 is 0. The molecule has 106 valence electrons. The predicted molar refractivity (Wildman–Crippen MR) is 81.6 cm³/mol. The van der Waals surface area contributed by atoms with Gasteiger partial charge >= 0.3 is 0 Å². The average Bonchev–Trinajstić information content (AvgIpc) is 2.50. The van der Waals surface area contributed by atoms with Crippen molar-refractivity contribution in [2.45, 2.75) is 33.1 Å². The highest BCUT2D eigenvalue weighted by molar-refractivity contribution is 5.99. The summed E-state index contributed by atoms with van der Waals surface area (Å²) < 4.78 is 0. The molecule has 4 heteroatoms. The molecule has 0 unspecified atom stereocenters. The number of hydrogen-bond donors (Lipinski definition) is 1. The lowest BCUT2D eigenvalue weighted by Crippen LogP contribution is -2.32. The molecule has 19 heavy (non-hydrogen) atoms. The number of likely N-dealkylation sites (tertiary alicyclic amines) is 1. The van der Waals surface area contributed by atoms with E-state index in [2.05, 4.69) is 13.8 Å². The molecular weight excluding hydrogens is 260 g/mol. The van der Waals surface area contributed by atoms with Crippen molar-refractivity contribution in [2.24, 2.45) is 5.41 Å². The van der Waals surface area contributed by atoms with Gasteiger partial charge in [-0.15, -0.1) is 12.4 Å². The maximum atomic E-state index is 12.4. The topological polar surface area (TPSA) is 46.3 Å². The van der Waals surface area contributed by atoms with Crippen LogP contribution in [0, 0.1) is 5.41 Å². The van der Waals surface area contributed by atoms with Crippen molar-refractivity contribution in [3.8, 4) is 0 Å². The Balaban J connectivity index is 0.00000180. The van der Waals surface area contributed by atoms with Gasteiger partial charge in [-0.05, 0) is 36.8 Å². The first-order valence-electron chi connectivity index (χ1n) is 6.63. The van der Waals surface area contributed by atoms with Gasteiger partial charge in [0.2, 0.25) is 0 Å². The molecule has 1 aromatic carbocycles. The van der Waals surface area contributed by atoms with Crippen molar-refractivity contribution in [3.05, 3.63) is 29.8 Å². The molecule has 0 spiro atoms. The van der Waals surface area contributed by atoms with Crippen LogP contribution in [-0.4, -0.2) is 23.9 Å². The third-order valence-electron chi connectivity index (χ3n) is 3.82. The quantitative estimate of drug-likeness (QED) is 0.803. The number of nitrogen functional groups attached to an aromatic ring is 1. The lowest BCUT2D eigenvalue weighted by molar-refractivity contribution is 0.0758. The molecule has 1 amide bonds. The molecule has 1 saturated heterocycles. The van der Waals surface area contributed by atoms with E-state index in [1.54, 1.807) is 6.07 Å². The molecule has 0 atom stereocenters. The number of hydrogen-bond acceptors (Lipinski definition) is 2. The van der Waals surface area contributed by atoms with E-state index in [1.165, 1.54) is 6.42 Å². The van der Waals surface area contributed by atoms with Gasteiger partial charge < -0.3 is 10.6 Å². The number of nitrogens with two attached hydrogens (primary N) is 1. The Labute approximate surface area is 121 Å². The Hall–Kier alpha value is -1.22. The molecule has 1 aliphatic heterocycles. The Kier molecular flexibility index (Phi) is 5.24. The first-order chi connectivity index (χ1) is 8.49. The molecule has 0 aromatic heterocycles. The van der Waals surface area contributed by atoms with E-state index in [1.807, 2.05) is 23.1 Å². The minimum atomic E-state index is 0. The molecule has 3 nitrogen and oxygen atoms in total. The molecule has 0 radical (unpaired) electrons. The van der Waals surface area contributed by atoms with Gasteiger partial charge in [-0.1, -0.05) is 26.0 Å². The summed E-state index contributed by atoms with van der Waals surface area (Å²) in [5, 5.41) is 0. The van der Waals surface area contributed by atoms with Crippen LogP contribution in [0.15, 0.2) is 24.3 Å². The fourth-order valence-electron chi connectivity index (χ4n) is 2.49. The fraction of sp³-hybridized carbons (Fsp3) is 0.533. The molecule has 2 rings (SSSR count). The predicted octanol–water partition coefficient (Wildman–Crippen LogP) is 3.34. The van der Waals surface area contributed by atoms with Gasteiger partial charge in [-0.2, -0.15) is 0 Å². The standard InChI is InChI=1S/C15H22N2O.ClH/c1-15(2)8-5-10-17(11-9-15)14(18)12-6-3-4-7-13(12)16;/h3-4,6-7H,5,8-11,16H2,1-2H3;1H. The van der Waals surface area contributed by atoms with Gasteiger partial charge in [0.25, 0.3) is 5.91 Å². The number of para-hydroxylation sites is 1. The zero-order valence-electron chi connectivity index (χ0n) is 11.7.